The van der Waals surface area contributed by atoms with Crippen LogP contribution in [-0.4, -0.2) is 36.4 Å². The second-order valence-electron chi connectivity index (χ2n) is 4.41. The molecule has 110 valence electrons. The second kappa shape index (κ2) is 7.10. The normalized spacial score (nSPS) is 10.4. The number of hydrogen-bond acceptors (Lipinski definition) is 5. The van der Waals surface area contributed by atoms with Gasteiger partial charge in [0.15, 0.2) is 0 Å². The van der Waals surface area contributed by atoms with Crippen molar-refractivity contribution >= 4 is 23.5 Å². The van der Waals surface area contributed by atoms with Gasteiger partial charge in [-0.25, -0.2) is 10.0 Å². The molecule has 0 bridgehead atoms. The molecule has 2 rings (SSSR count). The molecule has 2 aromatic rings. The van der Waals surface area contributed by atoms with Gasteiger partial charge in [-0.1, -0.05) is 12.1 Å². The molecule has 6 heteroatoms. The molecule has 1 aromatic heterocycles. The van der Waals surface area contributed by atoms with Gasteiger partial charge in [0.25, 0.3) is 5.91 Å². The van der Waals surface area contributed by atoms with E-state index < -0.39 is 0 Å². The van der Waals surface area contributed by atoms with E-state index in [2.05, 4.69) is 4.98 Å². The summed E-state index contributed by atoms with van der Waals surface area (Å²) in [6.45, 7) is 0. The Hall–Kier alpha value is -2.05. The third-order valence-electron chi connectivity index (χ3n) is 3.01. The van der Waals surface area contributed by atoms with Crippen LogP contribution in [0.25, 0.3) is 10.6 Å². The number of aryl methyl sites for hydroxylation is 1. The summed E-state index contributed by atoms with van der Waals surface area (Å²) >= 11 is 1.53. The van der Waals surface area contributed by atoms with Gasteiger partial charge in [0.2, 0.25) is 0 Å². The van der Waals surface area contributed by atoms with E-state index in [-0.39, 0.29) is 5.91 Å². The topological polar surface area (TPSA) is 59.5 Å². The lowest BCUT2D eigenvalue weighted by molar-refractivity contribution is -0.107. The van der Waals surface area contributed by atoms with Crippen molar-refractivity contribution < 1.29 is 14.4 Å². The van der Waals surface area contributed by atoms with Gasteiger partial charge in [-0.15, -0.1) is 11.3 Å². The van der Waals surface area contributed by atoms with Crippen LogP contribution in [-0.2, 0) is 16.1 Å². The molecule has 0 N–H and O–H groups in total. The maximum Gasteiger partial charge on any atom is 0.277 e. The van der Waals surface area contributed by atoms with Gasteiger partial charge in [-0.3, -0.25) is 9.63 Å². The standard InChI is InChI=1S/C15H16N2O3S/c1-17(20-2)15(19)12-7-5-11(6-8-12)14-16-13(10-21-14)4-3-9-18/h5-10H,3-4H2,1-2H3. The van der Waals surface area contributed by atoms with E-state index in [0.29, 0.717) is 18.4 Å². The van der Waals surface area contributed by atoms with Crippen LogP contribution >= 0.6 is 11.3 Å². The van der Waals surface area contributed by atoms with Crippen LogP contribution in [0.5, 0.6) is 0 Å². The summed E-state index contributed by atoms with van der Waals surface area (Å²) in [5.41, 5.74) is 2.43. The van der Waals surface area contributed by atoms with Crippen LogP contribution in [0.15, 0.2) is 29.6 Å². The number of benzene rings is 1. The van der Waals surface area contributed by atoms with Gasteiger partial charge in [-0.2, -0.15) is 0 Å². The fourth-order valence-corrected chi connectivity index (χ4v) is 2.64. The predicted octanol–water partition coefficient (Wildman–Crippen LogP) is 2.58. The number of aromatic nitrogens is 1. The van der Waals surface area contributed by atoms with Crippen molar-refractivity contribution in [3.8, 4) is 10.6 Å². The van der Waals surface area contributed by atoms with Crippen LogP contribution in [0, 0.1) is 0 Å². The van der Waals surface area contributed by atoms with Gasteiger partial charge < -0.3 is 4.79 Å². The molecule has 0 saturated heterocycles. The molecule has 0 atom stereocenters. The van der Waals surface area contributed by atoms with Crippen LogP contribution < -0.4 is 0 Å². The zero-order valence-electron chi connectivity index (χ0n) is 11.9. The molecular weight excluding hydrogens is 288 g/mol. The molecular formula is C15H16N2O3S. The molecule has 0 unspecified atom stereocenters. The Labute approximate surface area is 127 Å². The van der Waals surface area contributed by atoms with Crippen molar-refractivity contribution in [1.29, 1.82) is 0 Å². The first-order valence-electron chi connectivity index (χ1n) is 6.46. The van der Waals surface area contributed by atoms with E-state index in [1.165, 1.54) is 23.5 Å². The molecule has 0 spiro atoms. The average molecular weight is 304 g/mol. The monoisotopic (exact) mass is 304 g/mol. The molecule has 1 amide bonds. The molecule has 0 aliphatic rings. The third-order valence-corrected chi connectivity index (χ3v) is 3.95. The summed E-state index contributed by atoms with van der Waals surface area (Å²) in [5.74, 6) is -0.199. The first-order valence-corrected chi connectivity index (χ1v) is 7.34. The number of aldehydes is 1. The third kappa shape index (κ3) is 3.74. The lowest BCUT2D eigenvalue weighted by Crippen LogP contribution is -2.25. The average Bonchev–Trinajstić information content (AvgIpc) is 3.00. The predicted molar refractivity (Wildman–Crippen MR) is 81.0 cm³/mol. The van der Waals surface area contributed by atoms with Gasteiger partial charge in [0, 0.05) is 30.0 Å². The van der Waals surface area contributed by atoms with E-state index in [4.69, 9.17) is 4.84 Å². The van der Waals surface area contributed by atoms with Crippen molar-refractivity contribution in [1.82, 2.24) is 10.0 Å². The maximum atomic E-state index is 11.9. The van der Waals surface area contributed by atoms with Crippen LogP contribution in [0.1, 0.15) is 22.5 Å². The van der Waals surface area contributed by atoms with E-state index in [0.717, 1.165) is 22.6 Å². The number of rotatable bonds is 6. The summed E-state index contributed by atoms with van der Waals surface area (Å²) < 4.78 is 0. The Morgan fingerprint density at radius 1 is 1.38 bits per heavy atom. The Kier molecular flexibility index (Phi) is 5.19. The first kappa shape index (κ1) is 15.3. The number of nitrogens with zero attached hydrogens (tertiary/aromatic N) is 2. The van der Waals surface area contributed by atoms with Crippen molar-refractivity contribution in [2.75, 3.05) is 14.2 Å². The molecule has 0 saturated carbocycles. The van der Waals surface area contributed by atoms with Gasteiger partial charge in [0.1, 0.15) is 11.3 Å². The quantitative estimate of drug-likeness (QED) is 0.608. The van der Waals surface area contributed by atoms with Crippen LogP contribution in [0.2, 0.25) is 0 Å². The summed E-state index contributed by atoms with van der Waals surface area (Å²) in [7, 11) is 3.01. The number of thiazole rings is 1. The second-order valence-corrected chi connectivity index (χ2v) is 5.27. The molecule has 1 heterocycles. The molecule has 5 nitrogen and oxygen atoms in total. The van der Waals surface area contributed by atoms with Gasteiger partial charge in [0.05, 0.1) is 12.8 Å². The van der Waals surface area contributed by atoms with Crippen molar-refractivity contribution in [2.45, 2.75) is 12.8 Å². The minimum absolute atomic E-state index is 0.199. The van der Waals surface area contributed by atoms with Gasteiger partial charge >= 0.3 is 0 Å². The number of hydroxylamine groups is 2. The van der Waals surface area contributed by atoms with Crippen molar-refractivity contribution in [3.05, 3.63) is 40.9 Å². The Balaban J connectivity index is 2.13. The summed E-state index contributed by atoms with van der Waals surface area (Å²) in [6.07, 6.45) is 2.04. The highest BCUT2D eigenvalue weighted by atomic mass is 32.1. The number of carbonyl (C=O) groups excluding carboxylic acids is 2. The molecule has 21 heavy (non-hydrogen) atoms. The number of hydrogen-bond donors (Lipinski definition) is 0. The van der Waals surface area contributed by atoms with E-state index in [1.807, 2.05) is 17.5 Å². The maximum absolute atomic E-state index is 11.9. The van der Waals surface area contributed by atoms with E-state index >= 15 is 0 Å². The highest BCUT2D eigenvalue weighted by Gasteiger charge is 2.12. The number of carbonyl (C=O) groups is 2. The summed E-state index contributed by atoms with van der Waals surface area (Å²) in [4.78, 5) is 31.6. The van der Waals surface area contributed by atoms with Gasteiger partial charge in [-0.05, 0) is 18.6 Å². The first-order chi connectivity index (χ1) is 10.2. The molecule has 0 radical (unpaired) electrons. The Morgan fingerprint density at radius 3 is 2.71 bits per heavy atom. The van der Waals surface area contributed by atoms with Crippen LogP contribution in [0.4, 0.5) is 0 Å². The Bertz CT molecular complexity index is 622. The van der Waals surface area contributed by atoms with Crippen LogP contribution in [0.3, 0.4) is 0 Å². The molecule has 0 aliphatic heterocycles. The minimum atomic E-state index is -0.199. The summed E-state index contributed by atoms with van der Waals surface area (Å²) in [6, 6.07) is 7.22. The minimum Gasteiger partial charge on any atom is -0.303 e. The molecule has 0 fully saturated rings. The van der Waals surface area contributed by atoms with E-state index in [1.54, 1.807) is 19.2 Å². The largest absolute Gasteiger partial charge is 0.303 e. The van der Waals surface area contributed by atoms with Crippen molar-refractivity contribution in [3.63, 3.8) is 0 Å². The zero-order valence-corrected chi connectivity index (χ0v) is 12.7. The molecule has 0 aliphatic carbocycles. The van der Waals surface area contributed by atoms with Crippen molar-refractivity contribution in [2.24, 2.45) is 0 Å². The SMILES string of the molecule is CON(C)C(=O)c1ccc(-c2nc(CCC=O)cs2)cc1. The summed E-state index contributed by atoms with van der Waals surface area (Å²) in [5, 5.41) is 4.02. The Morgan fingerprint density at radius 2 is 2.10 bits per heavy atom. The fourth-order valence-electron chi connectivity index (χ4n) is 1.78. The highest BCUT2D eigenvalue weighted by molar-refractivity contribution is 7.13. The lowest BCUT2D eigenvalue weighted by atomic mass is 10.1. The highest BCUT2D eigenvalue weighted by Crippen LogP contribution is 2.24. The zero-order chi connectivity index (χ0) is 15.2. The fraction of sp³-hybridized carbons (Fsp3) is 0.267. The smallest absolute Gasteiger partial charge is 0.277 e. The van der Waals surface area contributed by atoms with E-state index in [9.17, 15) is 9.59 Å². The number of amides is 1. The lowest BCUT2D eigenvalue weighted by Gasteiger charge is -2.13. The molecule has 1 aromatic carbocycles.